The average Bonchev–Trinajstić information content (AvgIpc) is 2.95. The molecule has 4 rings (SSSR count). The Bertz CT molecular complexity index is 1290. The Labute approximate surface area is 209 Å². The molecular weight excluding hydrogens is 466 g/mol. The van der Waals surface area contributed by atoms with Crippen molar-refractivity contribution in [2.45, 2.75) is 6.17 Å². The zero-order valence-corrected chi connectivity index (χ0v) is 20.6. The largest absolute Gasteiger partial charge is 0.497 e. The maximum Gasteiger partial charge on any atom is 0.321 e. The normalized spacial score (nSPS) is 15.0. The first-order chi connectivity index (χ1) is 16.8. The zero-order valence-electron chi connectivity index (χ0n) is 19.9. The van der Waals surface area contributed by atoms with Crippen molar-refractivity contribution in [1.29, 1.82) is 0 Å². The van der Waals surface area contributed by atoms with Crippen LogP contribution in [-0.2, 0) is 4.79 Å². The number of benzodiazepines with no additional fused rings is 1. The minimum atomic E-state index is -1.15. The lowest BCUT2D eigenvalue weighted by molar-refractivity contribution is -0.119. The minimum absolute atomic E-state index is 0.378. The number of benzene rings is 3. The molecule has 0 saturated heterocycles. The number of carbonyl (C=O) groups excluding carboxylic acids is 2. The second-order valence-electron chi connectivity index (χ2n) is 8.18. The fourth-order valence-electron chi connectivity index (χ4n) is 3.86. The standard InChI is InChI=1S/C26H26ClN5O3/c1-31(2)22-15-18(35-4)11-12-20(22)28-26(34)30-24-25(33)32(3)21-13-10-17(27)14-19(21)23(29-24)16-8-6-5-7-9-16/h5-15,24H,1-4H3,(H2,28,30,34). The fraction of sp³-hybridized carbons (Fsp3) is 0.192. The highest BCUT2D eigenvalue weighted by molar-refractivity contribution is 6.32. The molecule has 3 aromatic rings. The number of rotatable bonds is 5. The van der Waals surface area contributed by atoms with Crippen LogP contribution in [-0.4, -0.2) is 52.1 Å². The van der Waals surface area contributed by atoms with Crippen molar-refractivity contribution in [1.82, 2.24) is 5.32 Å². The third kappa shape index (κ3) is 5.07. The summed E-state index contributed by atoms with van der Waals surface area (Å²) >= 11 is 6.29. The summed E-state index contributed by atoms with van der Waals surface area (Å²) in [6.07, 6.45) is -1.15. The molecule has 1 atom stereocenters. The second kappa shape index (κ2) is 10.1. The van der Waals surface area contributed by atoms with Gasteiger partial charge < -0.3 is 25.2 Å². The Hall–Kier alpha value is -4.04. The van der Waals surface area contributed by atoms with E-state index in [4.69, 9.17) is 21.3 Å². The van der Waals surface area contributed by atoms with Gasteiger partial charge in [-0.1, -0.05) is 41.9 Å². The van der Waals surface area contributed by atoms with Gasteiger partial charge in [-0.2, -0.15) is 0 Å². The number of anilines is 3. The van der Waals surface area contributed by atoms with Crippen LogP contribution >= 0.6 is 11.6 Å². The molecule has 0 radical (unpaired) electrons. The van der Waals surface area contributed by atoms with Gasteiger partial charge in [-0.3, -0.25) is 4.79 Å². The van der Waals surface area contributed by atoms with E-state index in [0.717, 1.165) is 11.3 Å². The van der Waals surface area contributed by atoms with Crippen LogP contribution in [0.2, 0.25) is 5.02 Å². The van der Waals surface area contributed by atoms with E-state index in [1.54, 1.807) is 44.5 Å². The van der Waals surface area contributed by atoms with Gasteiger partial charge in [0, 0.05) is 43.4 Å². The monoisotopic (exact) mass is 491 g/mol. The van der Waals surface area contributed by atoms with Crippen molar-refractivity contribution in [3.63, 3.8) is 0 Å². The molecule has 0 aromatic heterocycles. The number of nitrogens with zero attached hydrogens (tertiary/aromatic N) is 3. The number of fused-ring (bicyclic) bond motifs is 1. The van der Waals surface area contributed by atoms with Crippen molar-refractivity contribution in [3.8, 4) is 5.75 Å². The van der Waals surface area contributed by atoms with Gasteiger partial charge >= 0.3 is 6.03 Å². The number of hydrogen-bond acceptors (Lipinski definition) is 5. The molecule has 1 heterocycles. The molecule has 35 heavy (non-hydrogen) atoms. The highest BCUT2D eigenvalue weighted by atomic mass is 35.5. The molecule has 2 N–H and O–H groups in total. The molecule has 1 aliphatic rings. The van der Waals surface area contributed by atoms with Crippen molar-refractivity contribution < 1.29 is 14.3 Å². The third-order valence-corrected chi connectivity index (χ3v) is 5.88. The maximum atomic E-state index is 13.3. The number of nitrogens with one attached hydrogen (secondary N) is 2. The van der Waals surface area contributed by atoms with Crippen LogP contribution < -0.4 is 25.2 Å². The molecule has 0 fully saturated rings. The highest BCUT2D eigenvalue weighted by Gasteiger charge is 2.31. The number of urea groups is 1. The predicted octanol–water partition coefficient (Wildman–Crippen LogP) is 4.38. The molecule has 1 unspecified atom stereocenters. The maximum absolute atomic E-state index is 13.3. The van der Waals surface area contributed by atoms with E-state index in [0.29, 0.717) is 33.4 Å². The van der Waals surface area contributed by atoms with Crippen molar-refractivity contribution in [2.24, 2.45) is 4.99 Å². The Morgan fingerprint density at radius 2 is 1.83 bits per heavy atom. The number of carbonyl (C=O) groups is 2. The number of ether oxygens (including phenoxy) is 1. The van der Waals surface area contributed by atoms with Crippen LogP contribution in [0.25, 0.3) is 0 Å². The summed E-state index contributed by atoms with van der Waals surface area (Å²) in [6.45, 7) is 0. The van der Waals surface area contributed by atoms with Gasteiger partial charge in [0.2, 0.25) is 6.17 Å². The molecule has 0 saturated carbocycles. The first kappa shape index (κ1) is 24.1. The third-order valence-electron chi connectivity index (χ3n) is 5.65. The zero-order chi connectivity index (χ0) is 25.1. The van der Waals surface area contributed by atoms with E-state index in [9.17, 15) is 9.59 Å². The number of halogens is 1. The molecule has 9 heteroatoms. The van der Waals surface area contributed by atoms with E-state index >= 15 is 0 Å². The van der Waals surface area contributed by atoms with Gasteiger partial charge in [0.05, 0.1) is 29.9 Å². The van der Waals surface area contributed by atoms with E-state index in [2.05, 4.69) is 10.6 Å². The number of aliphatic imine (C=N–C) groups is 1. The summed E-state index contributed by atoms with van der Waals surface area (Å²) in [4.78, 5) is 34.4. The molecule has 0 aliphatic carbocycles. The molecular formula is C26H26ClN5O3. The summed E-state index contributed by atoms with van der Waals surface area (Å²) in [5.41, 5.74) is 4.02. The first-order valence-electron chi connectivity index (χ1n) is 10.9. The van der Waals surface area contributed by atoms with Crippen LogP contribution in [0.3, 0.4) is 0 Å². The minimum Gasteiger partial charge on any atom is -0.497 e. The summed E-state index contributed by atoms with van der Waals surface area (Å²) in [5.74, 6) is 0.283. The van der Waals surface area contributed by atoms with Crippen molar-refractivity contribution in [2.75, 3.05) is 43.4 Å². The smallest absolute Gasteiger partial charge is 0.321 e. The topological polar surface area (TPSA) is 86.3 Å². The number of hydrogen-bond donors (Lipinski definition) is 2. The van der Waals surface area contributed by atoms with Gasteiger partial charge in [0.1, 0.15) is 5.75 Å². The number of likely N-dealkylation sites (N-methyl/N-ethyl adjacent to an activating group) is 1. The van der Waals surface area contributed by atoms with Gasteiger partial charge in [-0.15, -0.1) is 0 Å². The Morgan fingerprint density at radius 1 is 1.09 bits per heavy atom. The lowest BCUT2D eigenvalue weighted by atomic mass is 10.0. The fourth-order valence-corrected chi connectivity index (χ4v) is 4.04. The summed E-state index contributed by atoms with van der Waals surface area (Å²) < 4.78 is 5.29. The van der Waals surface area contributed by atoms with E-state index in [1.165, 1.54) is 4.90 Å². The lowest BCUT2D eigenvalue weighted by Gasteiger charge is -2.22. The average molecular weight is 492 g/mol. The second-order valence-corrected chi connectivity index (χ2v) is 8.62. The highest BCUT2D eigenvalue weighted by Crippen LogP contribution is 2.31. The molecule has 3 aromatic carbocycles. The van der Waals surface area contributed by atoms with Crippen molar-refractivity contribution in [3.05, 3.63) is 82.9 Å². The van der Waals surface area contributed by atoms with Crippen LogP contribution in [0.1, 0.15) is 11.1 Å². The number of methoxy groups -OCH3 is 1. The summed E-state index contributed by atoms with van der Waals surface area (Å²) in [7, 11) is 6.95. The SMILES string of the molecule is COc1ccc(NC(=O)NC2N=C(c3ccccc3)c3cc(Cl)ccc3N(C)C2=O)c(N(C)C)c1. The van der Waals surface area contributed by atoms with Gasteiger partial charge in [0.15, 0.2) is 0 Å². The predicted molar refractivity (Wildman–Crippen MR) is 140 cm³/mol. The molecule has 8 nitrogen and oxygen atoms in total. The molecule has 0 bridgehead atoms. The summed E-state index contributed by atoms with van der Waals surface area (Å²) in [6, 6.07) is 19.5. The van der Waals surface area contributed by atoms with E-state index in [-0.39, 0.29) is 5.91 Å². The van der Waals surface area contributed by atoms with Crippen LogP contribution in [0.4, 0.5) is 21.9 Å². The van der Waals surface area contributed by atoms with Gasteiger partial charge in [-0.05, 0) is 30.3 Å². The first-order valence-corrected chi connectivity index (χ1v) is 11.3. The van der Waals surface area contributed by atoms with Crippen LogP contribution in [0.5, 0.6) is 5.75 Å². The van der Waals surface area contributed by atoms with Gasteiger partial charge in [-0.25, -0.2) is 9.79 Å². The van der Waals surface area contributed by atoms with E-state index in [1.807, 2.05) is 55.4 Å². The van der Waals surface area contributed by atoms with Crippen LogP contribution in [0, 0.1) is 0 Å². The van der Waals surface area contributed by atoms with Crippen molar-refractivity contribution >= 4 is 46.3 Å². The molecule has 0 spiro atoms. The van der Waals surface area contributed by atoms with Crippen LogP contribution in [0.15, 0.2) is 71.7 Å². The van der Waals surface area contributed by atoms with E-state index < -0.39 is 12.2 Å². The Balaban J connectivity index is 1.69. The molecule has 1 aliphatic heterocycles. The molecule has 3 amide bonds. The Kier molecular flexibility index (Phi) is 6.93. The quantitative estimate of drug-likeness (QED) is 0.554. The lowest BCUT2D eigenvalue weighted by Crippen LogP contribution is -2.47. The Morgan fingerprint density at radius 3 is 2.51 bits per heavy atom. The number of amides is 3. The molecule has 180 valence electrons. The summed E-state index contributed by atoms with van der Waals surface area (Å²) in [5, 5.41) is 6.06. The van der Waals surface area contributed by atoms with Gasteiger partial charge in [0.25, 0.3) is 5.91 Å².